The van der Waals surface area contributed by atoms with Crippen molar-refractivity contribution in [2.75, 3.05) is 11.5 Å². The van der Waals surface area contributed by atoms with Crippen molar-refractivity contribution in [3.05, 3.63) is 51.6 Å². The van der Waals surface area contributed by atoms with Gasteiger partial charge < -0.3 is 5.73 Å². The van der Waals surface area contributed by atoms with Gasteiger partial charge in [-0.1, -0.05) is 33.6 Å². The fourth-order valence-electron chi connectivity index (χ4n) is 1.46. The second-order valence-corrected chi connectivity index (χ2v) is 6.16. The first-order valence-corrected chi connectivity index (χ1v) is 7.54. The van der Waals surface area contributed by atoms with Gasteiger partial charge in [-0.05, 0) is 24.3 Å². The first-order chi connectivity index (χ1) is 9.06. The van der Waals surface area contributed by atoms with Crippen molar-refractivity contribution in [2.45, 2.75) is 4.90 Å². The topological polar surface area (TPSA) is 56.0 Å². The zero-order valence-corrected chi connectivity index (χ0v) is 12.9. The number of nitrogens with two attached hydrogens (primary N) is 1. The van der Waals surface area contributed by atoms with Gasteiger partial charge in [0.05, 0.1) is 16.3 Å². The highest BCUT2D eigenvalue weighted by Crippen LogP contribution is 2.24. The van der Waals surface area contributed by atoms with E-state index in [0.29, 0.717) is 16.3 Å². The lowest BCUT2D eigenvalue weighted by molar-refractivity contribution is 0.102. The maximum atomic E-state index is 12.1. The van der Waals surface area contributed by atoms with Crippen molar-refractivity contribution in [3.63, 3.8) is 0 Å². The number of ketones is 1. The predicted octanol–water partition coefficient (Wildman–Crippen LogP) is 4.05. The summed E-state index contributed by atoms with van der Waals surface area (Å²) < 4.78 is 0.980. The minimum atomic E-state index is -0.0857. The molecule has 0 saturated heterocycles. The number of aromatic nitrogens is 1. The number of anilines is 1. The van der Waals surface area contributed by atoms with E-state index in [1.54, 1.807) is 6.07 Å². The van der Waals surface area contributed by atoms with Crippen LogP contribution in [0, 0.1) is 0 Å². The SMILES string of the molecule is Nc1ncc(Cl)cc1C(=O)CSc1cccc(Br)c1. The Morgan fingerprint density at radius 3 is 2.95 bits per heavy atom. The number of carbonyl (C=O) groups excluding carboxylic acids is 1. The highest BCUT2D eigenvalue weighted by atomic mass is 79.9. The molecule has 0 aliphatic carbocycles. The van der Waals surface area contributed by atoms with Crippen LogP contribution in [0.25, 0.3) is 0 Å². The average molecular weight is 358 g/mol. The van der Waals surface area contributed by atoms with Crippen LogP contribution in [0.4, 0.5) is 5.82 Å². The Morgan fingerprint density at radius 1 is 1.42 bits per heavy atom. The highest BCUT2D eigenvalue weighted by molar-refractivity contribution is 9.10. The number of thioether (sulfide) groups is 1. The number of rotatable bonds is 4. The van der Waals surface area contributed by atoms with Crippen LogP contribution in [-0.4, -0.2) is 16.5 Å². The minimum absolute atomic E-state index is 0.0857. The normalized spacial score (nSPS) is 10.4. The molecular weight excluding hydrogens is 348 g/mol. The molecule has 2 rings (SSSR count). The summed E-state index contributed by atoms with van der Waals surface area (Å²) in [5, 5.41) is 0.407. The maximum absolute atomic E-state index is 12.1. The van der Waals surface area contributed by atoms with Crippen molar-refractivity contribution in [1.82, 2.24) is 4.98 Å². The Labute approximate surface area is 128 Å². The molecule has 0 amide bonds. The quantitative estimate of drug-likeness (QED) is 0.662. The van der Waals surface area contributed by atoms with Crippen LogP contribution in [0.1, 0.15) is 10.4 Å². The number of nitrogens with zero attached hydrogens (tertiary/aromatic N) is 1. The summed E-state index contributed by atoms with van der Waals surface area (Å²) in [7, 11) is 0. The van der Waals surface area contributed by atoms with Gasteiger partial charge in [0.25, 0.3) is 0 Å². The summed E-state index contributed by atoms with van der Waals surface area (Å²) in [6.45, 7) is 0. The molecule has 0 unspecified atom stereocenters. The number of Topliss-reactive ketones (excluding diaryl/α,β-unsaturated/α-hetero) is 1. The lowest BCUT2D eigenvalue weighted by Gasteiger charge is -2.05. The van der Waals surface area contributed by atoms with Gasteiger partial charge in [0.1, 0.15) is 5.82 Å². The van der Waals surface area contributed by atoms with E-state index in [4.69, 9.17) is 17.3 Å². The average Bonchev–Trinajstić information content (AvgIpc) is 2.39. The Hall–Kier alpha value is -1.04. The van der Waals surface area contributed by atoms with E-state index < -0.39 is 0 Å². The number of carbonyl (C=O) groups is 1. The number of halogens is 2. The second kappa shape index (κ2) is 6.41. The molecule has 0 radical (unpaired) electrons. The number of pyridine rings is 1. The molecule has 98 valence electrons. The third kappa shape index (κ3) is 3.96. The second-order valence-electron chi connectivity index (χ2n) is 3.76. The van der Waals surface area contributed by atoms with Crippen LogP contribution in [0.5, 0.6) is 0 Å². The monoisotopic (exact) mass is 356 g/mol. The van der Waals surface area contributed by atoms with Gasteiger partial charge in [0.2, 0.25) is 0 Å². The van der Waals surface area contributed by atoms with Crippen LogP contribution in [-0.2, 0) is 0 Å². The Kier molecular flexibility index (Phi) is 4.85. The summed E-state index contributed by atoms with van der Waals surface area (Å²) in [4.78, 5) is 17.0. The van der Waals surface area contributed by atoms with Gasteiger partial charge in [0, 0.05) is 15.6 Å². The molecule has 0 aliphatic heterocycles. The summed E-state index contributed by atoms with van der Waals surface area (Å²) in [6, 6.07) is 9.31. The number of benzene rings is 1. The van der Waals surface area contributed by atoms with Crippen LogP contribution >= 0.6 is 39.3 Å². The molecule has 0 saturated carbocycles. The molecule has 19 heavy (non-hydrogen) atoms. The van der Waals surface area contributed by atoms with Crippen LogP contribution in [0.15, 0.2) is 45.9 Å². The third-order valence-corrected chi connectivity index (χ3v) is 4.05. The smallest absolute Gasteiger partial charge is 0.176 e. The van der Waals surface area contributed by atoms with Gasteiger partial charge in [-0.15, -0.1) is 11.8 Å². The summed E-state index contributed by atoms with van der Waals surface area (Å²) in [5.74, 6) is 0.421. The zero-order valence-electron chi connectivity index (χ0n) is 9.77. The van der Waals surface area contributed by atoms with E-state index in [2.05, 4.69) is 20.9 Å². The number of hydrogen-bond acceptors (Lipinski definition) is 4. The Bertz CT molecular complexity index is 621. The van der Waals surface area contributed by atoms with Gasteiger partial charge in [-0.2, -0.15) is 0 Å². The minimum Gasteiger partial charge on any atom is -0.383 e. The summed E-state index contributed by atoms with van der Waals surface area (Å²) in [6.07, 6.45) is 1.43. The molecule has 2 aromatic rings. The van der Waals surface area contributed by atoms with Crippen LogP contribution in [0.2, 0.25) is 5.02 Å². The Balaban J connectivity index is 2.07. The van der Waals surface area contributed by atoms with Gasteiger partial charge >= 0.3 is 0 Å². The fourth-order valence-corrected chi connectivity index (χ4v) is 3.00. The number of nitrogen functional groups attached to an aromatic ring is 1. The number of hydrogen-bond donors (Lipinski definition) is 1. The molecule has 1 aromatic carbocycles. The predicted molar refractivity (Wildman–Crippen MR) is 82.9 cm³/mol. The molecular formula is C13H10BrClN2OS. The van der Waals surface area contributed by atoms with E-state index in [9.17, 15) is 4.79 Å². The van der Waals surface area contributed by atoms with Gasteiger partial charge in [-0.3, -0.25) is 4.79 Å². The van der Waals surface area contributed by atoms with Crippen molar-refractivity contribution in [1.29, 1.82) is 0 Å². The molecule has 1 heterocycles. The van der Waals surface area contributed by atoms with E-state index in [1.807, 2.05) is 24.3 Å². The molecule has 1 aromatic heterocycles. The van der Waals surface area contributed by atoms with Crippen LogP contribution < -0.4 is 5.73 Å². The van der Waals surface area contributed by atoms with Crippen molar-refractivity contribution < 1.29 is 4.79 Å². The largest absolute Gasteiger partial charge is 0.383 e. The first-order valence-electron chi connectivity index (χ1n) is 5.39. The first kappa shape index (κ1) is 14.4. The fraction of sp³-hybridized carbons (Fsp3) is 0.0769. The van der Waals surface area contributed by atoms with Crippen molar-refractivity contribution in [3.8, 4) is 0 Å². The van der Waals surface area contributed by atoms with Gasteiger partial charge in [-0.25, -0.2) is 4.98 Å². The third-order valence-electron chi connectivity index (χ3n) is 2.35. The van der Waals surface area contributed by atoms with E-state index >= 15 is 0 Å². The van der Waals surface area contributed by atoms with Crippen LogP contribution in [0.3, 0.4) is 0 Å². The molecule has 2 N–H and O–H groups in total. The lowest BCUT2D eigenvalue weighted by Crippen LogP contribution is -2.07. The summed E-state index contributed by atoms with van der Waals surface area (Å²) in [5.41, 5.74) is 6.05. The Morgan fingerprint density at radius 2 is 2.21 bits per heavy atom. The lowest BCUT2D eigenvalue weighted by atomic mass is 10.2. The molecule has 6 heteroatoms. The standard InChI is InChI=1S/C13H10BrClN2OS/c14-8-2-1-3-10(4-8)19-7-12(18)11-5-9(15)6-17-13(11)16/h1-6H,7H2,(H2,16,17). The maximum Gasteiger partial charge on any atom is 0.176 e. The molecule has 0 aliphatic rings. The van der Waals surface area contributed by atoms with E-state index in [1.165, 1.54) is 18.0 Å². The molecule has 0 bridgehead atoms. The van der Waals surface area contributed by atoms with E-state index in [-0.39, 0.29) is 11.6 Å². The summed E-state index contributed by atoms with van der Waals surface area (Å²) >= 11 is 10.7. The zero-order chi connectivity index (χ0) is 13.8. The van der Waals surface area contributed by atoms with Gasteiger partial charge in [0.15, 0.2) is 5.78 Å². The van der Waals surface area contributed by atoms with Crippen molar-refractivity contribution in [2.24, 2.45) is 0 Å². The molecule has 0 spiro atoms. The van der Waals surface area contributed by atoms with E-state index in [0.717, 1.165) is 9.37 Å². The molecule has 3 nitrogen and oxygen atoms in total. The molecule has 0 fully saturated rings. The van der Waals surface area contributed by atoms with Crippen molar-refractivity contribution >= 4 is 50.9 Å². The molecule has 0 atom stereocenters. The highest BCUT2D eigenvalue weighted by Gasteiger charge is 2.12.